The standard InChI is InChI=1S/C29H48N2O5SeSi2/c1-21-18-31(26(33)30-24(21)32)25-23(37-22-15-13-12-14-16-22)17-29(36-25,19-34-38(8,9)27(2,3)4)20-35-39(10,11)28(5,6)7/h12-16,18,23,25H,17,19-20H2,1-11H3,(H,30,32,33)/t23-,25-/m1/s1. The molecule has 0 bridgehead atoms. The number of nitrogens with one attached hydrogen (secondary N) is 1. The fraction of sp³-hybridized carbons (Fsp3) is 0.655. The van der Waals surface area contributed by atoms with Gasteiger partial charge in [-0.1, -0.05) is 0 Å². The molecule has 1 aromatic heterocycles. The van der Waals surface area contributed by atoms with Gasteiger partial charge in [-0.25, -0.2) is 0 Å². The van der Waals surface area contributed by atoms with Gasteiger partial charge in [-0.3, -0.25) is 0 Å². The first-order valence-electron chi connectivity index (χ1n) is 13.8. The number of H-pyrrole nitrogens is 1. The molecule has 7 nitrogen and oxygen atoms in total. The van der Waals surface area contributed by atoms with E-state index in [2.05, 4.69) is 84.8 Å². The van der Waals surface area contributed by atoms with E-state index < -0.39 is 34.2 Å². The molecule has 0 radical (unpaired) electrons. The van der Waals surface area contributed by atoms with Crippen molar-refractivity contribution in [3.8, 4) is 0 Å². The van der Waals surface area contributed by atoms with Crippen LogP contribution in [0.5, 0.6) is 0 Å². The molecular weight excluding hydrogens is 591 g/mol. The Kier molecular flexibility index (Phi) is 9.55. The molecule has 0 unspecified atom stereocenters. The Balaban J connectivity index is 2.06. The van der Waals surface area contributed by atoms with Crippen LogP contribution < -0.4 is 15.7 Å². The molecule has 2 atom stereocenters. The van der Waals surface area contributed by atoms with Crippen LogP contribution >= 0.6 is 0 Å². The van der Waals surface area contributed by atoms with Crippen LogP contribution in [0.1, 0.15) is 59.8 Å². The van der Waals surface area contributed by atoms with E-state index in [1.54, 1.807) is 17.7 Å². The van der Waals surface area contributed by atoms with E-state index in [9.17, 15) is 9.59 Å². The maximum atomic E-state index is 13.1. The number of aromatic amines is 1. The molecule has 2 heterocycles. The zero-order chi connectivity index (χ0) is 29.4. The van der Waals surface area contributed by atoms with Crippen LogP contribution in [0.2, 0.25) is 41.1 Å². The molecular formula is C29H48N2O5SeSi2. The van der Waals surface area contributed by atoms with Gasteiger partial charge in [-0.15, -0.1) is 0 Å². The average molecular weight is 640 g/mol. The Labute approximate surface area is 242 Å². The van der Waals surface area contributed by atoms with Crippen LogP contribution in [-0.4, -0.2) is 60.0 Å². The van der Waals surface area contributed by atoms with Gasteiger partial charge in [0.1, 0.15) is 0 Å². The molecule has 1 aliphatic heterocycles. The number of hydrogen-bond acceptors (Lipinski definition) is 5. The van der Waals surface area contributed by atoms with Gasteiger partial charge >= 0.3 is 243 Å². The summed E-state index contributed by atoms with van der Waals surface area (Å²) in [7, 11) is -4.18. The minimum atomic E-state index is -2.09. The molecule has 3 rings (SSSR count). The molecule has 1 N–H and O–H groups in total. The van der Waals surface area contributed by atoms with E-state index in [1.165, 1.54) is 4.46 Å². The second-order valence-electron chi connectivity index (χ2n) is 13.9. The SMILES string of the molecule is Cc1cn([C@@H]2OC(CO[Si](C)(C)C(C)(C)C)(CO[Si](C)(C)C(C)(C)C)C[C@H]2[Se]c2ccccc2)c(=O)[nH]c1=O. The van der Waals surface area contributed by atoms with Crippen molar-refractivity contribution < 1.29 is 13.6 Å². The molecule has 1 aromatic carbocycles. The number of nitrogens with zero attached hydrogens (tertiary/aromatic N) is 1. The predicted molar refractivity (Wildman–Crippen MR) is 165 cm³/mol. The van der Waals surface area contributed by atoms with Crippen LogP contribution in [0.3, 0.4) is 0 Å². The van der Waals surface area contributed by atoms with E-state index in [4.69, 9.17) is 13.6 Å². The number of aryl methyl sites for hydroxylation is 1. The Morgan fingerprint density at radius 2 is 1.49 bits per heavy atom. The van der Waals surface area contributed by atoms with Gasteiger partial charge < -0.3 is 0 Å². The first kappa shape index (κ1) is 32.3. The van der Waals surface area contributed by atoms with E-state index in [0.717, 1.165) is 0 Å². The summed E-state index contributed by atoms with van der Waals surface area (Å²) in [5.74, 6) is 0. The molecule has 39 heavy (non-hydrogen) atoms. The van der Waals surface area contributed by atoms with Crippen LogP contribution in [0.4, 0.5) is 0 Å². The summed E-state index contributed by atoms with van der Waals surface area (Å²) in [6.45, 7) is 25.0. The van der Waals surface area contributed by atoms with Gasteiger partial charge in [0.15, 0.2) is 0 Å². The summed E-state index contributed by atoms with van der Waals surface area (Å²) in [5, 5.41) is 0.0969. The first-order chi connectivity index (χ1) is 17.8. The van der Waals surface area contributed by atoms with Crippen molar-refractivity contribution in [3.05, 3.63) is 62.9 Å². The molecule has 0 aliphatic carbocycles. The molecule has 218 valence electrons. The number of ether oxygens (including phenoxy) is 1. The third-order valence-electron chi connectivity index (χ3n) is 8.72. The Bertz CT molecular complexity index is 1220. The molecule has 0 amide bonds. The zero-order valence-corrected chi connectivity index (χ0v) is 29.3. The molecule has 0 saturated carbocycles. The first-order valence-corrected chi connectivity index (χ1v) is 21.4. The summed E-state index contributed by atoms with van der Waals surface area (Å²) in [6.07, 6.45) is 1.82. The maximum absolute atomic E-state index is 13.1. The van der Waals surface area contributed by atoms with Crippen LogP contribution in [0.15, 0.2) is 46.1 Å². The molecule has 2 aromatic rings. The third kappa shape index (κ3) is 7.53. The van der Waals surface area contributed by atoms with Crippen LogP contribution in [0.25, 0.3) is 0 Å². The van der Waals surface area contributed by atoms with Gasteiger partial charge in [0.05, 0.1) is 0 Å². The van der Waals surface area contributed by atoms with E-state index >= 15 is 0 Å². The quantitative estimate of drug-likeness (QED) is 0.374. The Morgan fingerprint density at radius 1 is 0.974 bits per heavy atom. The van der Waals surface area contributed by atoms with Gasteiger partial charge in [-0.05, 0) is 0 Å². The number of hydrogen-bond donors (Lipinski definition) is 1. The predicted octanol–water partition coefficient (Wildman–Crippen LogP) is 5.36. The van der Waals surface area contributed by atoms with E-state index in [-0.39, 0.29) is 35.4 Å². The summed E-state index contributed by atoms with van der Waals surface area (Å²) in [6, 6.07) is 10.4. The normalized spacial score (nSPS) is 20.4. The van der Waals surface area contributed by atoms with E-state index in [1.807, 2.05) is 18.2 Å². The van der Waals surface area contributed by atoms with Gasteiger partial charge in [0, 0.05) is 0 Å². The fourth-order valence-electron chi connectivity index (χ4n) is 3.92. The molecule has 10 heteroatoms. The van der Waals surface area contributed by atoms with Crippen molar-refractivity contribution in [3.63, 3.8) is 0 Å². The summed E-state index contributed by atoms with van der Waals surface area (Å²) >= 11 is 0.0190. The molecule has 0 spiro atoms. The van der Waals surface area contributed by atoms with Crippen molar-refractivity contribution in [2.45, 2.75) is 108 Å². The summed E-state index contributed by atoms with van der Waals surface area (Å²) in [4.78, 5) is 27.8. The Hall–Kier alpha value is -1.27. The molecule has 1 fully saturated rings. The summed E-state index contributed by atoms with van der Waals surface area (Å²) < 4.78 is 23.4. The van der Waals surface area contributed by atoms with Gasteiger partial charge in [-0.2, -0.15) is 0 Å². The van der Waals surface area contributed by atoms with Gasteiger partial charge in [0.25, 0.3) is 0 Å². The number of aromatic nitrogens is 2. The van der Waals surface area contributed by atoms with Crippen LogP contribution in [-0.2, 0) is 13.6 Å². The Morgan fingerprint density at radius 3 is 1.97 bits per heavy atom. The molecule has 1 aliphatic rings. The van der Waals surface area contributed by atoms with Crippen LogP contribution in [0, 0.1) is 6.92 Å². The van der Waals surface area contributed by atoms with Crippen molar-refractivity contribution in [2.75, 3.05) is 13.2 Å². The van der Waals surface area contributed by atoms with Gasteiger partial charge in [0.2, 0.25) is 0 Å². The average Bonchev–Trinajstić information content (AvgIpc) is 3.16. The van der Waals surface area contributed by atoms with Crippen molar-refractivity contribution in [1.29, 1.82) is 0 Å². The van der Waals surface area contributed by atoms with Crippen molar-refractivity contribution in [1.82, 2.24) is 9.55 Å². The van der Waals surface area contributed by atoms with Crippen molar-refractivity contribution in [2.24, 2.45) is 0 Å². The zero-order valence-electron chi connectivity index (χ0n) is 25.6. The minimum absolute atomic E-state index is 0.0190. The van der Waals surface area contributed by atoms with E-state index in [0.29, 0.717) is 25.2 Å². The second-order valence-corrected chi connectivity index (χ2v) is 26.3. The summed E-state index contributed by atoms with van der Waals surface area (Å²) in [5.41, 5.74) is -1.04. The third-order valence-corrected chi connectivity index (χ3v) is 20.3. The monoisotopic (exact) mass is 640 g/mol. The molecule has 1 saturated heterocycles. The number of benzene rings is 1. The topological polar surface area (TPSA) is 82.6 Å². The number of rotatable bonds is 9. The fourth-order valence-corrected chi connectivity index (χ4v) is 8.87. The second kappa shape index (κ2) is 11.5. The van der Waals surface area contributed by atoms with Crippen molar-refractivity contribution >= 4 is 36.1 Å².